The summed E-state index contributed by atoms with van der Waals surface area (Å²) >= 11 is 3.53. The molecule has 1 heterocycles. The Bertz CT molecular complexity index is 582. The number of hydrogen-bond donors (Lipinski definition) is 0. The second-order valence-corrected chi connectivity index (χ2v) is 8.30. The van der Waals surface area contributed by atoms with E-state index in [-0.39, 0.29) is 0 Å². The molecule has 1 saturated heterocycles. The van der Waals surface area contributed by atoms with E-state index in [1.54, 1.807) is 0 Å². The van der Waals surface area contributed by atoms with Crippen LogP contribution in [0.15, 0.2) is 28.7 Å². The highest BCUT2D eigenvalue weighted by molar-refractivity contribution is 9.10. The fourth-order valence-electron chi connectivity index (χ4n) is 2.25. The summed E-state index contributed by atoms with van der Waals surface area (Å²) in [4.78, 5) is 2.22. The quantitative estimate of drug-likeness (QED) is 0.831. The number of sulfone groups is 1. The molecule has 0 spiro atoms. The van der Waals surface area contributed by atoms with Crippen LogP contribution >= 0.6 is 15.9 Å². The van der Waals surface area contributed by atoms with Gasteiger partial charge in [-0.25, -0.2) is 8.42 Å². The Labute approximate surface area is 129 Å². The molecule has 1 aromatic carbocycles. The van der Waals surface area contributed by atoms with Gasteiger partial charge >= 0.3 is 0 Å². The van der Waals surface area contributed by atoms with Gasteiger partial charge in [0.1, 0.15) is 0 Å². The lowest BCUT2D eigenvalue weighted by molar-refractivity contribution is 0.301. The van der Waals surface area contributed by atoms with Gasteiger partial charge in [0.05, 0.1) is 11.5 Å². The van der Waals surface area contributed by atoms with Crippen LogP contribution < -0.4 is 0 Å². The van der Waals surface area contributed by atoms with Gasteiger partial charge in [-0.1, -0.05) is 40.2 Å². The number of benzene rings is 1. The van der Waals surface area contributed by atoms with E-state index in [4.69, 9.17) is 0 Å². The third kappa shape index (κ3) is 4.43. The lowest BCUT2D eigenvalue weighted by atomic mass is 10.1. The summed E-state index contributed by atoms with van der Waals surface area (Å²) < 4.78 is 23.8. The van der Waals surface area contributed by atoms with Crippen molar-refractivity contribution in [2.75, 3.05) is 31.1 Å². The molecule has 0 bridgehead atoms. The average molecular weight is 358 g/mol. The van der Waals surface area contributed by atoms with Crippen molar-refractivity contribution >= 4 is 31.8 Å². The zero-order valence-electron chi connectivity index (χ0n) is 11.7. The lowest BCUT2D eigenvalue weighted by Gasteiger charge is -2.25. The van der Waals surface area contributed by atoms with E-state index in [1.807, 2.05) is 12.1 Å². The molecule has 110 valence electrons. The molecule has 20 heavy (non-hydrogen) atoms. The first-order valence-electron chi connectivity index (χ1n) is 6.82. The summed E-state index contributed by atoms with van der Waals surface area (Å²) in [6.07, 6.45) is 5.25. The molecule has 1 aromatic rings. The molecule has 0 atom stereocenters. The molecule has 1 aliphatic rings. The Morgan fingerprint density at radius 1 is 1.30 bits per heavy atom. The minimum atomic E-state index is -2.76. The molecule has 0 unspecified atom stereocenters. The Kier molecular flexibility index (Phi) is 5.41. The maximum absolute atomic E-state index is 11.3. The van der Waals surface area contributed by atoms with Crippen LogP contribution in [0.25, 0.3) is 6.08 Å². The van der Waals surface area contributed by atoms with Crippen LogP contribution in [0.4, 0.5) is 0 Å². The van der Waals surface area contributed by atoms with Gasteiger partial charge in [-0.3, -0.25) is 0 Å². The van der Waals surface area contributed by atoms with E-state index >= 15 is 0 Å². The van der Waals surface area contributed by atoms with Crippen molar-refractivity contribution in [3.63, 3.8) is 0 Å². The van der Waals surface area contributed by atoms with Gasteiger partial charge in [0.2, 0.25) is 0 Å². The molecule has 1 aliphatic heterocycles. The topological polar surface area (TPSA) is 37.4 Å². The van der Waals surface area contributed by atoms with E-state index in [9.17, 15) is 8.42 Å². The number of halogens is 1. The van der Waals surface area contributed by atoms with Crippen molar-refractivity contribution in [1.82, 2.24) is 4.90 Å². The van der Waals surface area contributed by atoms with E-state index in [2.05, 4.69) is 46.0 Å². The molecule has 0 aromatic heterocycles. The second-order valence-electron chi connectivity index (χ2n) is 5.14. The molecule has 0 N–H and O–H groups in total. The maximum atomic E-state index is 11.3. The normalized spacial score (nSPS) is 19.5. The Morgan fingerprint density at radius 3 is 2.70 bits per heavy atom. The third-order valence-corrected chi connectivity index (χ3v) is 6.12. The Hall–Kier alpha value is -0.650. The fourth-order valence-corrected chi connectivity index (χ4v) is 3.90. The van der Waals surface area contributed by atoms with Gasteiger partial charge in [-0.05, 0) is 30.5 Å². The zero-order chi connectivity index (χ0) is 14.6. The molecular formula is C15H20BrNO2S. The van der Waals surface area contributed by atoms with Crippen molar-refractivity contribution < 1.29 is 8.42 Å². The van der Waals surface area contributed by atoms with E-state index in [1.165, 1.54) is 11.1 Å². The highest BCUT2D eigenvalue weighted by Crippen LogP contribution is 2.20. The molecule has 3 nitrogen and oxygen atoms in total. The first kappa shape index (κ1) is 15.7. The maximum Gasteiger partial charge on any atom is 0.152 e. The van der Waals surface area contributed by atoms with Gasteiger partial charge in [-0.15, -0.1) is 0 Å². The zero-order valence-corrected chi connectivity index (χ0v) is 14.1. The molecular weight excluding hydrogens is 338 g/mol. The summed E-state index contributed by atoms with van der Waals surface area (Å²) in [5.41, 5.74) is 2.47. The predicted octanol–water partition coefficient (Wildman–Crippen LogP) is 2.89. The van der Waals surface area contributed by atoms with Gasteiger partial charge in [0, 0.05) is 24.1 Å². The molecule has 0 radical (unpaired) electrons. The molecule has 0 saturated carbocycles. The van der Waals surface area contributed by atoms with Crippen molar-refractivity contribution in [2.24, 2.45) is 0 Å². The Balaban J connectivity index is 1.81. The average Bonchev–Trinajstić information content (AvgIpc) is 2.41. The standard InChI is InChI=1S/C15H20BrNO2S/c1-13-14(6-4-7-15(13)16)5-2-3-8-17-9-11-20(18,19)12-10-17/h2,4-7H,3,8-12H2,1H3/b5-2+. The molecule has 1 fully saturated rings. The first-order chi connectivity index (χ1) is 9.48. The number of rotatable bonds is 4. The summed E-state index contributed by atoms with van der Waals surface area (Å²) in [6.45, 7) is 4.37. The summed E-state index contributed by atoms with van der Waals surface area (Å²) in [7, 11) is -2.76. The minimum absolute atomic E-state index is 0.307. The predicted molar refractivity (Wildman–Crippen MR) is 87.6 cm³/mol. The smallest absolute Gasteiger partial charge is 0.152 e. The SMILES string of the molecule is Cc1c(Br)cccc1/C=C/CCN1CCS(=O)(=O)CC1. The monoisotopic (exact) mass is 357 g/mol. The van der Waals surface area contributed by atoms with Crippen molar-refractivity contribution in [2.45, 2.75) is 13.3 Å². The highest BCUT2D eigenvalue weighted by atomic mass is 79.9. The van der Waals surface area contributed by atoms with Gasteiger partial charge in [0.25, 0.3) is 0 Å². The lowest BCUT2D eigenvalue weighted by Crippen LogP contribution is -2.40. The fraction of sp³-hybridized carbons (Fsp3) is 0.467. The molecule has 0 aliphatic carbocycles. The van der Waals surface area contributed by atoms with Gasteiger partial charge < -0.3 is 4.90 Å². The highest BCUT2D eigenvalue weighted by Gasteiger charge is 2.20. The van der Waals surface area contributed by atoms with Crippen LogP contribution in [-0.2, 0) is 9.84 Å². The van der Waals surface area contributed by atoms with E-state index in [0.717, 1.165) is 17.4 Å². The van der Waals surface area contributed by atoms with Gasteiger partial charge in [-0.2, -0.15) is 0 Å². The largest absolute Gasteiger partial charge is 0.301 e. The van der Waals surface area contributed by atoms with Crippen LogP contribution in [-0.4, -0.2) is 44.5 Å². The van der Waals surface area contributed by atoms with Gasteiger partial charge in [0.15, 0.2) is 9.84 Å². The summed E-state index contributed by atoms with van der Waals surface area (Å²) in [6, 6.07) is 6.18. The summed E-state index contributed by atoms with van der Waals surface area (Å²) in [5.74, 6) is 0.614. The van der Waals surface area contributed by atoms with Crippen molar-refractivity contribution in [1.29, 1.82) is 0 Å². The second kappa shape index (κ2) is 6.87. The number of hydrogen-bond acceptors (Lipinski definition) is 3. The minimum Gasteiger partial charge on any atom is -0.301 e. The third-order valence-electron chi connectivity index (χ3n) is 3.66. The van der Waals surface area contributed by atoms with Crippen molar-refractivity contribution in [3.05, 3.63) is 39.9 Å². The van der Waals surface area contributed by atoms with Crippen LogP contribution in [0, 0.1) is 6.92 Å². The van der Waals surface area contributed by atoms with Crippen molar-refractivity contribution in [3.8, 4) is 0 Å². The summed E-state index contributed by atoms with van der Waals surface area (Å²) in [5, 5.41) is 0. The molecule has 2 rings (SSSR count). The Morgan fingerprint density at radius 2 is 2.00 bits per heavy atom. The number of nitrogens with zero attached hydrogens (tertiary/aromatic N) is 1. The van der Waals surface area contributed by atoms with E-state index < -0.39 is 9.84 Å². The van der Waals surface area contributed by atoms with Crippen LogP contribution in [0.1, 0.15) is 17.5 Å². The van der Waals surface area contributed by atoms with E-state index in [0.29, 0.717) is 24.6 Å². The molecule has 5 heteroatoms. The van der Waals surface area contributed by atoms with Crippen LogP contribution in [0.2, 0.25) is 0 Å². The van der Waals surface area contributed by atoms with Crippen LogP contribution in [0.3, 0.4) is 0 Å². The van der Waals surface area contributed by atoms with Crippen LogP contribution in [0.5, 0.6) is 0 Å². The first-order valence-corrected chi connectivity index (χ1v) is 9.44. The molecule has 0 amide bonds.